The number of unbranched alkanes of at least 4 members (excludes halogenated alkanes) is 2. The Hall–Kier alpha value is -2.50. The maximum Gasteiger partial charge on any atom is 0.151 e. The lowest BCUT2D eigenvalue weighted by molar-refractivity contribution is -0.0248. The van der Waals surface area contributed by atoms with Crippen molar-refractivity contribution in [2.75, 3.05) is 13.2 Å². The van der Waals surface area contributed by atoms with E-state index in [-0.39, 0.29) is 6.23 Å². The van der Waals surface area contributed by atoms with Gasteiger partial charge in [-0.1, -0.05) is 85.6 Å². The van der Waals surface area contributed by atoms with E-state index in [2.05, 4.69) is 29.4 Å². The molecule has 2 aromatic carbocycles. The molecule has 5 nitrogen and oxygen atoms in total. The van der Waals surface area contributed by atoms with Crippen molar-refractivity contribution >= 4 is 0 Å². The molecule has 0 aliphatic heterocycles. The number of ether oxygens (including phenoxy) is 2. The molecule has 0 radical (unpaired) electrons. The molecule has 0 N–H and O–H groups in total. The highest BCUT2D eigenvalue weighted by Gasteiger charge is 2.14. The smallest absolute Gasteiger partial charge is 0.151 e. The first kappa shape index (κ1) is 21.2. The standard InChI is InChI=1S/C24H31N3O2/c1-2-3-6-16-24(27-19-23(25-26-27)22-14-9-5-10-15-22)29-18-11-17-28-20-21-12-7-4-8-13-21/h4-5,7-10,12-15,19,24H,2-3,6,11,16-18,20H2,1H3. The SMILES string of the molecule is CCCCCC(OCCCOCc1ccccc1)n1cc(-c2ccccc2)nn1. The summed E-state index contributed by atoms with van der Waals surface area (Å²) in [5.41, 5.74) is 3.14. The van der Waals surface area contributed by atoms with Gasteiger partial charge < -0.3 is 9.47 Å². The average molecular weight is 394 g/mol. The summed E-state index contributed by atoms with van der Waals surface area (Å²) in [6.45, 7) is 4.18. The minimum atomic E-state index is -0.0827. The van der Waals surface area contributed by atoms with E-state index in [9.17, 15) is 0 Å². The van der Waals surface area contributed by atoms with Crippen molar-refractivity contribution in [3.8, 4) is 11.3 Å². The van der Waals surface area contributed by atoms with Crippen molar-refractivity contribution in [3.63, 3.8) is 0 Å². The molecule has 1 aromatic heterocycles. The Bertz CT molecular complexity index is 805. The van der Waals surface area contributed by atoms with Gasteiger partial charge in [-0.3, -0.25) is 0 Å². The molecule has 0 bridgehead atoms. The van der Waals surface area contributed by atoms with Crippen molar-refractivity contribution in [1.29, 1.82) is 0 Å². The lowest BCUT2D eigenvalue weighted by Crippen LogP contribution is -2.15. The van der Waals surface area contributed by atoms with E-state index in [1.54, 1.807) is 0 Å². The normalized spacial score (nSPS) is 12.2. The predicted octanol–water partition coefficient (Wildman–Crippen LogP) is 5.65. The monoisotopic (exact) mass is 393 g/mol. The molecule has 1 atom stereocenters. The quantitative estimate of drug-likeness (QED) is 0.352. The molecule has 29 heavy (non-hydrogen) atoms. The van der Waals surface area contributed by atoms with Gasteiger partial charge in [-0.15, -0.1) is 5.10 Å². The molecule has 0 fully saturated rings. The number of aromatic nitrogens is 3. The van der Waals surface area contributed by atoms with Crippen LogP contribution in [0.4, 0.5) is 0 Å². The summed E-state index contributed by atoms with van der Waals surface area (Å²) in [5, 5.41) is 8.67. The summed E-state index contributed by atoms with van der Waals surface area (Å²) >= 11 is 0. The molecule has 0 saturated heterocycles. The molecular weight excluding hydrogens is 362 g/mol. The van der Waals surface area contributed by atoms with Crippen molar-refractivity contribution in [2.45, 2.75) is 51.9 Å². The second-order valence-electron chi connectivity index (χ2n) is 7.16. The summed E-state index contributed by atoms with van der Waals surface area (Å²) in [5.74, 6) is 0. The first-order valence-electron chi connectivity index (χ1n) is 10.6. The summed E-state index contributed by atoms with van der Waals surface area (Å²) in [4.78, 5) is 0. The van der Waals surface area contributed by atoms with E-state index < -0.39 is 0 Å². The van der Waals surface area contributed by atoms with E-state index in [1.165, 1.54) is 18.4 Å². The van der Waals surface area contributed by atoms with E-state index in [4.69, 9.17) is 9.47 Å². The lowest BCUT2D eigenvalue weighted by Gasteiger charge is -2.17. The van der Waals surface area contributed by atoms with Crippen LogP contribution in [-0.4, -0.2) is 28.2 Å². The zero-order valence-corrected chi connectivity index (χ0v) is 17.2. The van der Waals surface area contributed by atoms with E-state index in [0.717, 1.165) is 30.5 Å². The van der Waals surface area contributed by atoms with Crippen LogP contribution in [0, 0.1) is 0 Å². The van der Waals surface area contributed by atoms with Gasteiger partial charge in [-0.05, 0) is 24.8 Å². The van der Waals surface area contributed by atoms with Crippen molar-refractivity contribution in [1.82, 2.24) is 15.0 Å². The average Bonchev–Trinajstić information content (AvgIpc) is 3.26. The second kappa shape index (κ2) is 12.1. The first-order valence-corrected chi connectivity index (χ1v) is 10.6. The third kappa shape index (κ3) is 7.11. The molecule has 3 rings (SSSR count). The van der Waals surface area contributed by atoms with Gasteiger partial charge in [0, 0.05) is 12.2 Å². The van der Waals surface area contributed by atoms with Crippen LogP contribution < -0.4 is 0 Å². The molecule has 0 spiro atoms. The zero-order chi connectivity index (χ0) is 20.2. The van der Waals surface area contributed by atoms with Crippen LogP contribution in [0.25, 0.3) is 11.3 Å². The number of hydrogen-bond donors (Lipinski definition) is 0. The van der Waals surface area contributed by atoms with Crippen LogP contribution in [0.15, 0.2) is 66.9 Å². The van der Waals surface area contributed by atoms with Crippen LogP contribution in [-0.2, 0) is 16.1 Å². The molecule has 1 unspecified atom stereocenters. The highest BCUT2D eigenvalue weighted by atomic mass is 16.5. The van der Waals surface area contributed by atoms with Crippen molar-refractivity contribution < 1.29 is 9.47 Å². The zero-order valence-electron chi connectivity index (χ0n) is 17.2. The Labute approximate surface area is 173 Å². The Kier molecular flexibility index (Phi) is 8.88. The third-order valence-corrected chi connectivity index (χ3v) is 4.78. The van der Waals surface area contributed by atoms with E-state index >= 15 is 0 Å². The highest BCUT2D eigenvalue weighted by molar-refractivity contribution is 5.57. The largest absolute Gasteiger partial charge is 0.377 e. The van der Waals surface area contributed by atoms with Gasteiger partial charge in [0.05, 0.1) is 19.4 Å². The van der Waals surface area contributed by atoms with Gasteiger partial charge in [-0.25, -0.2) is 4.68 Å². The second-order valence-corrected chi connectivity index (χ2v) is 7.16. The fourth-order valence-electron chi connectivity index (χ4n) is 3.16. The highest BCUT2D eigenvalue weighted by Crippen LogP contribution is 2.21. The maximum absolute atomic E-state index is 6.16. The van der Waals surface area contributed by atoms with Crippen molar-refractivity contribution in [3.05, 3.63) is 72.4 Å². The Morgan fingerprint density at radius 1 is 0.897 bits per heavy atom. The number of hydrogen-bond acceptors (Lipinski definition) is 4. The van der Waals surface area contributed by atoms with Gasteiger partial charge in [0.15, 0.2) is 6.23 Å². The van der Waals surface area contributed by atoms with Crippen LogP contribution in [0.3, 0.4) is 0 Å². The maximum atomic E-state index is 6.16. The fraction of sp³-hybridized carbons (Fsp3) is 0.417. The Morgan fingerprint density at radius 2 is 1.66 bits per heavy atom. The van der Waals surface area contributed by atoms with Crippen LogP contribution in [0.1, 0.15) is 50.8 Å². The van der Waals surface area contributed by atoms with Crippen LogP contribution in [0.2, 0.25) is 0 Å². The molecule has 154 valence electrons. The van der Waals surface area contributed by atoms with Gasteiger partial charge in [0.2, 0.25) is 0 Å². The lowest BCUT2D eigenvalue weighted by atomic mass is 10.2. The number of benzene rings is 2. The summed E-state index contributed by atoms with van der Waals surface area (Å²) in [6.07, 6.45) is 7.20. The van der Waals surface area contributed by atoms with Crippen molar-refractivity contribution in [2.24, 2.45) is 0 Å². The molecule has 5 heteroatoms. The van der Waals surface area contributed by atoms with Gasteiger partial charge >= 0.3 is 0 Å². The fourth-order valence-corrected chi connectivity index (χ4v) is 3.16. The van der Waals surface area contributed by atoms with Gasteiger partial charge in [-0.2, -0.15) is 0 Å². The molecule has 0 aliphatic carbocycles. The van der Waals surface area contributed by atoms with Gasteiger partial charge in [0.25, 0.3) is 0 Å². The topological polar surface area (TPSA) is 49.2 Å². The third-order valence-electron chi connectivity index (χ3n) is 4.78. The Morgan fingerprint density at radius 3 is 2.41 bits per heavy atom. The molecule has 3 aromatic rings. The van der Waals surface area contributed by atoms with E-state index in [1.807, 2.05) is 59.4 Å². The molecule has 0 amide bonds. The predicted molar refractivity (Wildman–Crippen MR) is 115 cm³/mol. The molecule has 1 heterocycles. The number of nitrogens with zero attached hydrogens (tertiary/aromatic N) is 3. The minimum absolute atomic E-state index is 0.0827. The van der Waals surface area contributed by atoms with Crippen LogP contribution in [0.5, 0.6) is 0 Å². The number of rotatable bonds is 13. The van der Waals surface area contributed by atoms with Crippen LogP contribution >= 0.6 is 0 Å². The Balaban J connectivity index is 1.47. The first-order chi connectivity index (χ1) is 14.4. The molecular formula is C24H31N3O2. The summed E-state index contributed by atoms with van der Waals surface area (Å²) in [7, 11) is 0. The minimum Gasteiger partial charge on any atom is -0.377 e. The molecule has 0 saturated carbocycles. The summed E-state index contributed by atoms with van der Waals surface area (Å²) < 4.78 is 13.8. The summed E-state index contributed by atoms with van der Waals surface area (Å²) in [6, 6.07) is 20.4. The van der Waals surface area contributed by atoms with E-state index in [0.29, 0.717) is 19.8 Å². The molecule has 0 aliphatic rings. The van der Waals surface area contributed by atoms with Gasteiger partial charge in [0.1, 0.15) is 5.69 Å².